The summed E-state index contributed by atoms with van der Waals surface area (Å²) in [6, 6.07) is 6.44. The second kappa shape index (κ2) is 8.65. The summed E-state index contributed by atoms with van der Waals surface area (Å²) in [5, 5.41) is 1.98. The number of esters is 1. The monoisotopic (exact) mass is 405 g/mol. The molecule has 0 saturated carbocycles. The maximum atomic E-state index is 12.0. The van der Waals surface area contributed by atoms with E-state index in [4.69, 9.17) is 21.1 Å². The van der Waals surface area contributed by atoms with Crippen molar-refractivity contribution in [2.24, 2.45) is 0 Å². The lowest BCUT2D eigenvalue weighted by atomic mass is 10.1. The molecule has 1 fully saturated rings. The summed E-state index contributed by atoms with van der Waals surface area (Å²) in [4.78, 5) is 42.7. The summed E-state index contributed by atoms with van der Waals surface area (Å²) in [7, 11) is 0. The van der Waals surface area contributed by atoms with Gasteiger partial charge in [-0.25, -0.2) is 4.79 Å². The van der Waals surface area contributed by atoms with Gasteiger partial charge in [0.15, 0.2) is 5.15 Å². The van der Waals surface area contributed by atoms with Crippen molar-refractivity contribution in [2.75, 3.05) is 13.2 Å². The topological polar surface area (TPSA) is 107 Å². The van der Waals surface area contributed by atoms with Crippen LogP contribution in [0.2, 0.25) is 5.15 Å². The number of halogens is 1. The first kappa shape index (κ1) is 18.9. The highest BCUT2D eigenvalue weighted by Crippen LogP contribution is 2.25. The van der Waals surface area contributed by atoms with Crippen LogP contribution in [0.5, 0.6) is 5.88 Å². The first-order valence-electron chi connectivity index (χ1n) is 7.63. The third kappa shape index (κ3) is 5.28. The SMILES string of the molecule is O=C1NC(=O)/C(=C\c2ccc(C(=O)OCCOc3cncc(Cl)n3)cc2)S1. The van der Waals surface area contributed by atoms with Gasteiger partial charge < -0.3 is 9.47 Å². The van der Waals surface area contributed by atoms with Crippen molar-refractivity contribution in [1.29, 1.82) is 0 Å². The Kier molecular flexibility index (Phi) is 6.05. The third-order valence-electron chi connectivity index (χ3n) is 3.24. The summed E-state index contributed by atoms with van der Waals surface area (Å²) in [5.41, 5.74) is 1.03. The van der Waals surface area contributed by atoms with E-state index >= 15 is 0 Å². The molecule has 1 aromatic heterocycles. The average molecular weight is 406 g/mol. The van der Waals surface area contributed by atoms with E-state index in [-0.39, 0.29) is 24.2 Å². The van der Waals surface area contributed by atoms with Crippen LogP contribution in [0.25, 0.3) is 6.08 Å². The van der Waals surface area contributed by atoms with E-state index in [1.807, 2.05) is 0 Å². The van der Waals surface area contributed by atoms with Gasteiger partial charge in [0.25, 0.3) is 11.1 Å². The van der Waals surface area contributed by atoms with Crippen LogP contribution in [0.4, 0.5) is 4.79 Å². The van der Waals surface area contributed by atoms with Crippen molar-refractivity contribution in [2.45, 2.75) is 0 Å². The standard InChI is InChI=1S/C17H12ClN3O5S/c18-13-8-19-9-14(20-13)25-5-6-26-16(23)11-3-1-10(2-4-11)7-12-15(22)21-17(24)27-12/h1-4,7-9H,5-6H2,(H,21,22,24)/b12-7+. The Balaban J connectivity index is 1.49. The van der Waals surface area contributed by atoms with Gasteiger partial charge in [0.05, 0.1) is 22.9 Å². The molecule has 27 heavy (non-hydrogen) atoms. The smallest absolute Gasteiger partial charge is 0.338 e. The first-order valence-corrected chi connectivity index (χ1v) is 8.83. The third-order valence-corrected chi connectivity index (χ3v) is 4.23. The van der Waals surface area contributed by atoms with E-state index in [1.165, 1.54) is 12.4 Å². The van der Waals surface area contributed by atoms with Crippen molar-refractivity contribution >= 4 is 46.6 Å². The molecular formula is C17H12ClN3O5S. The average Bonchev–Trinajstić information content (AvgIpc) is 2.96. The lowest BCUT2D eigenvalue weighted by Crippen LogP contribution is -2.17. The molecule has 138 valence electrons. The van der Waals surface area contributed by atoms with Gasteiger partial charge in [-0.2, -0.15) is 4.98 Å². The number of carbonyl (C=O) groups excluding carboxylic acids is 3. The minimum Gasteiger partial charge on any atom is -0.473 e. The highest BCUT2D eigenvalue weighted by molar-refractivity contribution is 8.18. The molecule has 2 aromatic rings. The number of amides is 2. The van der Waals surface area contributed by atoms with Crippen molar-refractivity contribution in [3.63, 3.8) is 0 Å². The maximum Gasteiger partial charge on any atom is 0.338 e. The molecular weight excluding hydrogens is 394 g/mol. The van der Waals surface area contributed by atoms with Gasteiger partial charge in [0, 0.05) is 0 Å². The van der Waals surface area contributed by atoms with Crippen LogP contribution in [0.15, 0.2) is 41.6 Å². The molecule has 0 radical (unpaired) electrons. The minimum absolute atomic E-state index is 0.0255. The van der Waals surface area contributed by atoms with Gasteiger partial charge in [-0.1, -0.05) is 23.7 Å². The molecule has 0 aliphatic carbocycles. The van der Waals surface area contributed by atoms with Crippen LogP contribution in [-0.4, -0.2) is 40.3 Å². The molecule has 1 aromatic carbocycles. The van der Waals surface area contributed by atoms with E-state index in [9.17, 15) is 14.4 Å². The summed E-state index contributed by atoms with van der Waals surface area (Å²) in [6.45, 7) is 0.128. The summed E-state index contributed by atoms with van der Waals surface area (Å²) in [5.74, 6) is -0.709. The number of carbonyl (C=O) groups is 3. The molecule has 2 heterocycles. The van der Waals surface area contributed by atoms with E-state index in [1.54, 1.807) is 30.3 Å². The number of rotatable bonds is 6. The van der Waals surface area contributed by atoms with E-state index < -0.39 is 17.1 Å². The Morgan fingerprint density at radius 2 is 1.96 bits per heavy atom. The Hall–Kier alpha value is -2.91. The number of nitrogens with one attached hydrogen (secondary N) is 1. The number of thioether (sulfide) groups is 1. The van der Waals surface area contributed by atoms with Crippen molar-refractivity contribution < 1.29 is 23.9 Å². The number of hydrogen-bond donors (Lipinski definition) is 1. The quantitative estimate of drug-likeness (QED) is 0.444. The number of ether oxygens (including phenoxy) is 2. The van der Waals surface area contributed by atoms with Crippen LogP contribution in [-0.2, 0) is 9.53 Å². The molecule has 0 unspecified atom stereocenters. The first-order chi connectivity index (χ1) is 13.0. The highest BCUT2D eigenvalue weighted by Gasteiger charge is 2.24. The normalized spacial score (nSPS) is 14.9. The molecule has 1 aliphatic rings. The van der Waals surface area contributed by atoms with Crippen LogP contribution in [0.1, 0.15) is 15.9 Å². The van der Waals surface area contributed by atoms with E-state index in [2.05, 4.69) is 15.3 Å². The molecule has 2 amide bonds. The van der Waals surface area contributed by atoms with Gasteiger partial charge in [0.1, 0.15) is 13.2 Å². The van der Waals surface area contributed by atoms with Crippen molar-refractivity contribution in [1.82, 2.24) is 15.3 Å². The second-order valence-corrected chi connectivity index (χ2v) is 6.54. The van der Waals surface area contributed by atoms with E-state index in [0.717, 1.165) is 11.8 Å². The van der Waals surface area contributed by atoms with Crippen LogP contribution in [0, 0.1) is 0 Å². The Morgan fingerprint density at radius 3 is 2.63 bits per heavy atom. The molecule has 1 aliphatic heterocycles. The largest absolute Gasteiger partial charge is 0.473 e. The fraction of sp³-hybridized carbons (Fsp3) is 0.118. The van der Waals surface area contributed by atoms with Crippen molar-refractivity contribution in [3.05, 3.63) is 57.8 Å². The Labute approximate surface area is 162 Å². The number of aromatic nitrogens is 2. The predicted octanol–water partition coefficient (Wildman–Crippen LogP) is 2.69. The minimum atomic E-state index is -0.516. The van der Waals surface area contributed by atoms with Crippen LogP contribution in [0.3, 0.4) is 0 Å². The zero-order valence-electron chi connectivity index (χ0n) is 13.7. The second-order valence-electron chi connectivity index (χ2n) is 5.14. The van der Waals surface area contributed by atoms with Crippen LogP contribution >= 0.6 is 23.4 Å². The summed E-state index contributed by atoms with van der Waals surface area (Å²) >= 11 is 6.52. The lowest BCUT2D eigenvalue weighted by Gasteiger charge is -2.07. The fourth-order valence-corrected chi connectivity index (χ4v) is 2.87. The molecule has 3 rings (SSSR count). The number of nitrogens with zero attached hydrogens (tertiary/aromatic N) is 2. The summed E-state index contributed by atoms with van der Waals surface area (Å²) < 4.78 is 10.4. The molecule has 0 bridgehead atoms. The molecule has 10 heteroatoms. The maximum absolute atomic E-state index is 12.0. The van der Waals surface area contributed by atoms with E-state index in [0.29, 0.717) is 16.0 Å². The van der Waals surface area contributed by atoms with Gasteiger partial charge in [-0.3, -0.25) is 19.9 Å². The number of benzene rings is 1. The molecule has 8 nitrogen and oxygen atoms in total. The number of hydrogen-bond acceptors (Lipinski definition) is 8. The van der Waals surface area contributed by atoms with Gasteiger partial charge in [-0.15, -0.1) is 0 Å². The predicted molar refractivity (Wildman–Crippen MR) is 98.4 cm³/mol. The molecule has 0 atom stereocenters. The fourth-order valence-electron chi connectivity index (χ4n) is 2.05. The van der Waals surface area contributed by atoms with Crippen LogP contribution < -0.4 is 10.1 Å². The van der Waals surface area contributed by atoms with Gasteiger partial charge >= 0.3 is 5.97 Å². The highest BCUT2D eigenvalue weighted by atomic mass is 35.5. The van der Waals surface area contributed by atoms with Gasteiger partial charge in [-0.05, 0) is 35.5 Å². The zero-order valence-corrected chi connectivity index (χ0v) is 15.2. The van der Waals surface area contributed by atoms with Gasteiger partial charge in [0.2, 0.25) is 5.88 Å². The molecule has 1 saturated heterocycles. The summed E-state index contributed by atoms with van der Waals surface area (Å²) in [6.07, 6.45) is 4.35. The molecule has 0 spiro atoms. The van der Waals surface area contributed by atoms with Crippen molar-refractivity contribution in [3.8, 4) is 5.88 Å². The molecule has 1 N–H and O–H groups in total. The Morgan fingerprint density at radius 1 is 1.19 bits per heavy atom. The number of imide groups is 1. The Bertz CT molecular complexity index is 917. The zero-order chi connectivity index (χ0) is 19.2. The lowest BCUT2D eigenvalue weighted by molar-refractivity contribution is -0.115.